The largest absolute Gasteiger partial charge is 0.478 e. The van der Waals surface area contributed by atoms with Crippen LogP contribution in [0, 0.1) is 0 Å². The summed E-state index contributed by atoms with van der Waals surface area (Å²) in [4.78, 5) is 44.6. The highest BCUT2D eigenvalue weighted by atomic mass is 35.5. The van der Waals surface area contributed by atoms with Crippen molar-refractivity contribution in [3.63, 3.8) is 0 Å². The topological polar surface area (TPSA) is 127 Å². The molecule has 8 nitrogen and oxygen atoms in total. The van der Waals surface area contributed by atoms with E-state index in [9.17, 15) is 19.2 Å². The quantitative estimate of drug-likeness (QED) is 0.260. The number of carboxylic acids is 2. The van der Waals surface area contributed by atoms with E-state index in [1.54, 1.807) is 0 Å². The molecule has 16 heteroatoms. The Morgan fingerprint density at radius 3 is 0.794 bits per heavy atom. The number of carbonyl (C=O) groups is 4. The number of carbonyl (C=O) groups excluding carboxylic acids is 2. The minimum atomic E-state index is -1.45. The minimum absolute atomic E-state index is 0.205. The number of methoxy groups -OCH3 is 2. The van der Waals surface area contributed by atoms with Gasteiger partial charge < -0.3 is 19.7 Å². The Labute approximate surface area is 231 Å². The summed E-state index contributed by atoms with van der Waals surface area (Å²) in [5.74, 6) is -4.53. The lowest BCUT2D eigenvalue weighted by atomic mass is 10.1. The number of carboxylic acid groups (broad SMARTS) is 2. The van der Waals surface area contributed by atoms with Gasteiger partial charge in [0.1, 0.15) is 0 Å². The van der Waals surface area contributed by atoms with Crippen molar-refractivity contribution in [2.24, 2.45) is 0 Å². The number of rotatable bonds is 4. The molecule has 0 bridgehead atoms. The molecule has 0 saturated heterocycles. The first-order valence-electron chi connectivity index (χ1n) is 8.00. The average Bonchev–Trinajstić information content (AvgIpc) is 2.76. The van der Waals surface area contributed by atoms with Crippen LogP contribution >= 0.6 is 92.8 Å². The summed E-state index contributed by atoms with van der Waals surface area (Å²) >= 11 is 45.8. The maximum Gasteiger partial charge on any atom is 0.341 e. The summed E-state index contributed by atoms with van der Waals surface area (Å²) in [6, 6.07) is 0. The van der Waals surface area contributed by atoms with E-state index in [2.05, 4.69) is 9.47 Å². The summed E-state index contributed by atoms with van der Waals surface area (Å²) in [6.45, 7) is 0. The fourth-order valence-corrected chi connectivity index (χ4v) is 4.54. The molecule has 0 saturated carbocycles. The first-order chi connectivity index (χ1) is 15.6. The number of hydrogen-bond acceptors (Lipinski definition) is 6. The SMILES string of the molecule is COC(=O)c1c(Cl)c(Cl)c(C(=O)OC)c(Cl)c1Cl.O=C(O)c1c(Cl)c(Cl)c(C(=O)O)c(Cl)c1Cl. The van der Waals surface area contributed by atoms with Crippen LogP contribution in [0.25, 0.3) is 0 Å². The first kappa shape index (κ1) is 30.7. The van der Waals surface area contributed by atoms with Crippen LogP contribution in [0.3, 0.4) is 0 Å². The Hall–Kier alpha value is -1.36. The highest BCUT2D eigenvalue weighted by molar-refractivity contribution is 6.53. The molecule has 0 spiro atoms. The van der Waals surface area contributed by atoms with Gasteiger partial charge in [0.15, 0.2) is 0 Å². The molecule has 0 aliphatic rings. The smallest absolute Gasteiger partial charge is 0.341 e. The Kier molecular flexibility index (Phi) is 11.3. The van der Waals surface area contributed by atoms with Crippen LogP contribution in [-0.4, -0.2) is 48.3 Å². The molecular formula is C18H8Cl8O8. The van der Waals surface area contributed by atoms with Gasteiger partial charge in [-0.1, -0.05) is 92.8 Å². The fraction of sp³-hybridized carbons (Fsp3) is 0.111. The van der Waals surface area contributed by atoms with Gasteiger partial charge in [-0.25, -0.2) is 19.2 Å². The fourth-order valence-electron chi connectivity index (χ4n) is 2.20. The number of hydrogen-bond donors (Lipinski definition) is 2. The molecule has 2 aromatic carbocycles. The second kappa shape index (κ2) is 12.6. The van der Waals surface area contributed by atoms with Gasteiger partial charge in [-0.3, -0.25) is 0 Å². The molecule has 0 unspecified atom stereocenters. The van der Waals surface area contributed by atoms with Gasteiger partial charge in [-0.2, -0.15) is 0 Å². The molecule has 184 valence electrons. The van der Waals surface area contributed by atoms with Gasteiger partial charge in [0.25, 0.3) is 0 Å². The Morgan fingerprint density at radius 1 is 0.471 bits per heavy atom. The maximum absolute atomic E-state index is 11.5. The molecule has 0 heterocycles. The normalized spacial score (nSPS) is 10.2. The summed E-state index contributed by atoms with van der Waals surface area (Å²) in [6.07, 6.45) is 0. The predicted octanol–water partition coefficient (Wildman–Crippen LogP) is 7.57. The monoisotopic (exact) mass is 632 g/mol. The van der Waals surface area contributed by atoms with Crippen LogP contribution in [0.2, 0.25) is 40.2 Å². The third kappa shape index (κ3) is 6.06. The van der Waals surface area contributed by atoms with E-state index in [1.807, 2.05) is 0 Å². The average molecular weight is 636 g/mol. The second-order valence-corrected chi connectivity index (χ2v) is 8.63. The first-order valence-corrected chi connectivity index (χ1v) is 11.0. The molecular weight excluding hydrogens is 628 g/mol. The van der Waals surface area contributed by atoms with Gasteiger partial charge in [-0.05, 0) is 0 Å². The van der Waals surface area contributed by atoms with E-state index in [4.69, 9.17) is 103 Å². The summed E-state index contributed by atoms with van der Waals surface area (Å²) in [7, 11) is 2.29. The molecule has 0 aliphatic carbocycles. The van der Waals surface area contributed by atoms with Crippen molar-refractivity contribution < 1.29 is 38.9 Å². The van der Waals surface area contributed by atoms with Gasteiger partial charge in [0.05, 0.1) is 76.7 Å². The number of benzene rings is 2. The van der Waals surface area contributed by atoms with Crippen molar-refractivity contribution >= 4 is 117 Å². The van der Waals surface area contributed by atoms with Crippen molar-refractivity contribution in [2.45, 2.75) is 0 Å². The standard InChI is InChI=1S/C10H6Cl4O4.C8H2Cl4O4/c1-17-9(15)3-5(11)7(13)4(10(16)18-2)8(14)6(3)12;9-3-1(7(13)14)4(10)6(12)2(5(3)11)8(15)16/h1-2H3;(H,13,14)(H,15,16). The third-order valence-corrected chi connectivity index (χ3v) is 7.14. The van der Waals surface area contributed by atoms with Gasteiger partial charge in [0, 0.05) is 0 Å². The highest BCUT2D eigenvalue weighted by Gasteiger charge is 2.29. The molecule has 0 fully saturated rings. The van der Waals surface area contributed by atoms with Crippen molar-refractivity contribution in [3.8, 4) is 0 Å². The molecule has 0 aromatic heterocycles. The Bertz CT molecular complexity index is 1060. The summed E-state index contributed by atoms with van der Waals surface area (Å²) in [5, 5.41) is 14.9. The predicted molar refractivity (Wildman–Crippen MR) is 130 cm³/mol. The Morgan fingerprint density at radius 2 is 0.647 bits per heavy atom. The molecule has 0 aliphatic heterocycles. The zero-order valence-electron chi connectivity index (χ0n) is 16.4. The van der Waals surface area contributed by atoms with Crippen molar-refractivity contribution in [1.29, 1.82) is 0 Å². The lowest BCUT2D eigenvalue weighted by molar-refractivity contribution is 0.0587. The highest BCUT2D eigenvalue weighted by Crippen LogP contribution is 2.42. The second-order valence-electron chi connectivity index (χ2n) is 5.61. The van der Waals surface area contributed by atoms with Gasteiger partial charge in [0.2, 0.25) is 0 Å². The van der Waals surface area contributed by atoms with E-state index < -0.39 is 55.1 Å². The van der Waals surface area contributed by atoms with Crippen LogP contribution in [0.5, 0.6) is 0 Å². The van der Waals surface area contributed by atoms with Gasteiger partial charge in [-0.15, -0.1) is 0 Å². The molecule has 0 amide bonds. The van der Waals surface area contributed by atoms with Crippen molar-refractivity contribution in [2.75, 3.05) is 14.2 Å². The molecule has 0 atom stereocenters. The molecule has 34 heavy (non-hydrogen) atoms. The number of ether oxygens (including phenoxy) is 2. The van der Waals surface area contributed by atoms with Crippen LogP contribution in [0.4, 0.5) is 0 Å². The summed E-state index contributed by atoms with van der Waals surface area (Å²) < 4.78 is 8.99. The third-order valence-electron chi connectivity index (χ3n) is 3.73. The zero-order valence-corrected chi connectivity index (χ0v) is 22.4. The number of aromatic carboxylic acids is 2. The lowest BCUT2D eigenvalue weighted by Gasteiger charge is -2.12. The molecule has 2 N–H and O–H groups in total. The molecule has 2 rings (SSSR count). The zero-order chi connectivity index (χ0) is 26.7. The summed E-state index contributed by atoms with van der Waals surface area (Å²) in [5.41, 5.74) is -1.46. The van der Waals surface area contributed by atoms with Crippen LogP contribution in [-0.2, 0) is 9.47 Å². The lowest BCUT2D eigenvalue weighted by Crippen LogP contribution is -2.09. The number of esters is 2. The van der Waals surface area contributed by atoms with E-state index in [0.29, 0.717) is 0 Å². The van der Waals surface area contributed by atoms with E-state index >= 15 is 0 Å². The van der Waals surface area contributed by atoms with Crippen LogP contribution in [0.1, 0.15) is 41.4 Å². The van der Waals surface area contributed by atoms with Crippen LogP contribution in [0.15, 0.2) is 0 Å². The minimum Gasteiger partial charge on any atom is -0.478 e. The van der Waals surface area contributed by atoms with Gasteiger partial charge >= 0.3 is 23.9 Å². The van der Waals surface area contributed by atoms with E-state index in [-0.39, 0.29) is 31.2 Å². The molecule has 2 aromatic rings. The van der Waals surface area contributed by atoms with E-state index in [1.165, 1.54) is 0 Å². The van der Waals surface area contributed by atoms with Crippen molar-refractivity contribution in [1.82, 2.24) is 0 Å². The van der Waals surface area contributed by atoms with Crippen LogP contribution < -0.4 is 0 Å². The maximum atomic E-state index is 11.5. The molecule has 0 radical (unpaired) electrons. The number of halogens is 8. The van der Waals surface area contributed by atoms with E-state index in [0.717, 1.165) is 14.2 Å². The van der Waals surface area contributed by atoms with Crippen molar-refractivity contribution in [3.05, 3.63) is 62.4 Å². The Balaban J connectivity index is 0.000000342.